The third-order valence-electron chi connectivity index (χ3n) is 2.61. The summed E-state index contributed by atoms with van der Waals surface area (Å²) < 4.78 is 0. The van der Waals surface area contributed by atoms with Gasteiger partial charge in [0.2, 0.25) is 0 Å². The van der Waals surface area contributed by atoms with Gasteiger partial charge in [-0.15, -0.1) is 23.7 Å². The maximum atomic E-state index is 4.62. The zero-order valence-electron chi connectivity index (χ0n) is 11.2. The van der Waals surface area contributed by atoms with Gasteiger partial charge < -0.3 is 5.32 Å². The fourth-order valence-corrected chi connectivity index (χ4v) is 2.43. The standard InChI is InChI=1S/C13H18N4S.ClH/c1-14-7-8-17(2)9-11-10-18-13(16-11)12-5-3-4-6-15-12;/h3-6,10,14H,7-9H2,1-2H3;1H. The van der Waals surface area contributed by atoms with E-state index in [2.05, 4.69) is 32.6 Å². The van der Waals surface area contributed by atoms with E-state index in [-0.39, 0.29) is 12.4 Å². The van der Waals surface area contributed by atoms with Gasteiger partial charge in [-0.05, 0) is 26.2 Å². The highest BCUT2D eigenvalue weighted by atomic mass is 35.5. The number of thiazole rings is 1. The van der Waals surface area contributed by atoms with Gasteiger partial charge in [-0.2, -0.15) is 0 Å². The van der Waals surface area contributed by atoms with Crippen LogP contribution in [0.3, 0.4) is 0 Å². The molecule has 0 unspecified atom stereocenters. The molecule has 0 aliphatic heterocycles. The van der Waals surface area contributed by atoms with Crippen LogP contribution in [0.4, 0.5) is 0 Å². The minimum absolute atomic E-state index is 0. The van der Waals surface area contributed by atoms with Crippen LogP contribution in [0.25, 0.3) is 10.7 Å². The van der Waals surface area contributed by atoms with E-state index in [1.165, 1.54) is 0 Å². The lowest BCUT2D eigenvalue weighted by molar-refractivity contribution is 0.325. The summed E-state index contributed by atoms with van der Waals surface area (Å²) in [6.07, 6.45) is 1.80. The van der Waals surface area contributed by atoms with Crippen LogP contribution in [-0.2, 0) is 6.54 Å². The van der Waals surface area contributed by atoms with Gasteiger partial charge >= 0.3 is 0 Å². The molecule has 0 atom stereocenters. The minimum atomic E-state index is 0. The van der Waals surface area contributed by atoms with E-state index < -0.39 is 0 Å². The van der Waals surface area contributed by atoms with Crippen molar-refractivity contribution in [2.45, 2.75) is 6.54 Å². The number of nitrogens with zero attached hydrogens (tertiary/aromatic N) is 3. The number of aromatic nitrogens is 2. The van der Waals surface area contributed by atoms with Gasteiger partial charge in [-0.3, -0.25) is 9.88 Å². The predicted molar refractivity (Wildman–Crippen MR) is 82.9 cm³/mol. The van der Waals surface area contributed by atoms with Crippen LogP contribution in [0.2, 0.25) is 0 Å². The third kappa shape index (κ3) is 4.87. The maximum Gasteiger partial charge on any atom is 0.142 e. The lowest BCUT2D eigenvalue weighted by atomic mass is 10.3. The first-order chi connectivity index (χ1) is 8.79. The Labute approximate surface area is 124 Å². The van der Waals surface area contributed by atoms with Gasteiger partial charge in [0, 0.05) is 31.2 Å². The van der Waals surface area contributed by atoms with Crippen molar-refractivity contribution in [1.82, 2.24) is 20.2 Å². The van der Waals surface area contributed by atoms with E-state index in [1.807, 2.05) is 25.2 Å². The van der Waals surface area contributed by atoms with Gasteiger partial charge in [0.1, 0.15) is 5.01 Å². The lowest BCUT2D eigenvalue weighted by Crippen LogP contribution is -2.27. The summed E-state index contributed by atoms with van der Waals surface area (Å²) in [5, 5.41) is 6.25. The molecule has 0 spiro atoms. The molecule has 0 bridgehead atoms. The van der Waals surface area contributed by atoms with E-state index in [0.717, 1.165) is 36.0 Å². The van der Waals surface area contributed by atoms with Gasteiger partial charge in [0.15, 0.2) is 0 Å². The van der Waals surface area contributed by atoms with Gasteiger partial charge in [-0.1, -0.05) is 6.07 Å². The number of likely N-dealkylation sites (N-methyl/N-ethyl adjacent to an activating group) is 2. The molecular weight excluding hydrogens is 280 g/mol. The molecule has 0 aliphatic rings. The fraction of sp³-hybridized carbons (Fsp3) is 0.385. The van der Waals surface area contributed by atoms with E-state index >= 15 is 0 Å². The average molecular weight is 299 g/mol. The molecule has 6 heteroatoms. The third-order valence-corrected chi connectivity index (χ3v) is 3.52. The number of hydrogen-bond donors (Lipinski definition) is 1. The smallest absolute Gasteiger partial charge is 0.142 e. The van der Waals surface area contributed by atoms with Crippen LogP contribution in [0, 0.1) is 0 Å². The maximum absolute atomic E-state index is 4.62. The molecule has 0 aliphatic carbocycles. The molecular formula is C13H19ClN4S. The second kappa shape index (κ2) is 8.22. The Hall–Kier alpha value is -1.01. The van der Waals surface area contributed by atoms with E-state index in [9.17, 15) is 0 Å². The highest BCUT2D eigenvalue weighted by Gasteiger charge is 2.07. The molecule has 0 amide bonds. The number of pyridine rings is 1. The number of nitrogens with one attached hydrogen (secondary N) is 1. The first-order valence-electron chi connectivity index (χ1n) is 5.98. The Balaban J connectivity index is 0.00000180. The fourth-order valence-electron chi connectivity index (χ4n) is 1.64. The first kappa shape index (κ1) is 16.0. The summed E-state index contributed by atoms with van der Waals surface area (Å²) in [4.78, 5) is 11.2. The minimum Gasteiger partial charge on any atom is -0.318 e. The van der Waals surface area contributed by atoms with Crippen molar-refractivity contribution in [1.29, 1.82) is 0 Å². The monoisotopic (exact) mass is 298 g/mol. The molecule has 4 nitrogen and oxygen atoms in total. The van der Waals surface area contributed by atoms with E-state index in [4.69, 9.17) is 0 Å². The summed E-state index contributed by atoms with van der Waals surface area (Å²) >= 11 is 1.65. The largest absolute Gasteiger partial charge is 0.318 e. The molecule has 2 aromatic heterocycles. The van der Waals surface area contributed by atoms with Crippen LogP contribution in [0.5, 0.6) is 0 Å². The Morgan fingerprint density at radius 1 is 1.37 bits per heavy atom. The summed E-state index contributed by atoms with van der Waals surface area (Å²) in [6, 6.07) is 5.90. The van der Waals surface area contributed by atoms with Crippen LogP contribution in [0.1, 0.15) is 5.69 Å². The first-order valence-corrected chi connectivity index (χ1v) is 6.86. The van der Waals surface area contributed by atoms with Gasteiger partial charge in [0.25, 0.3) is 0 Å². The Kier molecular flexibility index (Phi) is 6.94. The second-order valence-electron chi connectivity index (χ2n) is 4.20. The quantitative estimate of drug-likeness (QED) is 0.888. The van der Waals surface area contributed by atoms with Crippen LogP contribution >= 0.6 is 23.7 Å². The van der Waals surface area contributed by atoms with Crippen molar-refractivity contribution in [2.24, 2.45) is 0 Å². The summed E-state index contributed by atoms with van der Waals surface area (Å²) in [5.74, 6) is 0. The molecule has 1 N–H and O–H groups in total. The van der Waals surface area contributed by atoms with E-state index in [0.29, 0.717) is 0 Å². The zero-order valence-corrected chi connectivity index (χ0v) is 12.8. The Morgan fingerprint density at radius 3 is 2.89 bits per heavy atom. The molecule has 104 valence electrons. The average Bonchev–Trinajstić information content (AvgIpc) is 2.86. The number of rotatable bonds is 6. The van der Waals surface area contributed by atoms with E-state index in [1.54, 1.807) is 17.5 Å². The van der Waals surface area contributed by atoms with Crippen molar-refractivity contribution in [2.75, 3.05) is 27.2 Å². The van der Waals surface area contributed by atoms with Crippen LogP contribution < -0.4 is 5.32 Å². The number of hydrogen-bond acceptors (Lipinski definition) is 5. The van der Waals surface area contributed by atoms with Crippen LogP contribution in [-0.4, -0.2) is 42.1 Å². The van der Waals surface area contributed by atoms with Crippen molar-refractivity contribution in [3.05, 3.63) is 35.5 Å². The normalized spacial score (nSPS) is 10.5. The molecule has 0 saturated heterocycles. The molecule has 0 saturated carbocycles. The molecule has 0 radical (unpaired) electrons. The van der Waals surface area contributed by atoms with Crippen LogP contribution in [0.15, 0.2) is 29.8 Å². The molecule has 0 fully saturated rings. The van der Waals surface area contributed by atoms with Crippen molar-refractivity contribution >= 4 is 23.7 Å². The summed E-state index contributed by atoms with van der Waals surface area (Å²) in [6.45, 7) is 2.89. The second-order valence-corrected chi connectivity index (χ2v) is 5.06. The highest BCUT2D eigenvalue weighted by Crippen LogP contribution is 2.21. The highest BCUT2D eigenvalue weighted by molar-refractivity contribution is 7.13. The SMILES string of the molecule is CNCCN(C)Cc1csc(-c2ccccn2)n1.Cl. The molecule has 2 heterocycles. The molecule has 2 rings (SSSR count). The van der Waals surface area contributed by atoms with Crippen molar-refractivity contribution < 1.29 is 0 Å². The van der Waals surface area contributed by atoms with Gasteiger partial charge in [0.05, 0.1) is 11.4 Å². The van der Waals surface area contributed by atoms with Gasteiger partial charge in [-0.25, -0.2) is 4.98 Å². The van der Waals surface area contributed by atoms with Crippen molar-refractivity contribution in [3.63, 3.8) is 0 Å². The summed E-state index contributed by atoms with van der Waals surface area (Å²) in [5.41, 5.74) is 2.06. The zero-order chi connectivity index (χ0) is 12.8. The molecule has 19 heavy (non-hydrogen) atoms. The predicted octanol–water partition coefficient (Wildman–Crippen LogP) is 2.28. The summed E-state index contributed by atoms with van der Waals surface area (Å²) in [7, 11) is 4.08. The Bertz CT molecular complexity index is 475. The van der Waals surface area contributed by atoms with Crippen molar-refractivity contribution in [3.8, 4) is 10.7 Å². The molecule has 2 aromatic rings. The Morgan fingerprint density at radius 2 is 2.21 bits per heavy atom. The topological polar surface area (TPSA) is 41.0 Å². The molecule has 0 aromatic carbocycles. The lowest BCUT2D eigenvalue weighted by Gasteiger charge is -2.14. The number of halogens is 1.